The lowest BCUT2D eigenvalue weighted by Crippen LogP contribution is -2.20. The number of rotatable bonds is 5. The molecule has 1 aromatic heterocycles. The highest BCUT2D eigenvalue weighted by Gasteiger charge is 2.10. The van der Waals surface area contributed by atoms with Crippen molar-refractivity contribution in [3.8, 4) is 0 Å². The van der Waals surface area contributed by atoms with Crippen LogP contribution in [0.3, 0.4) is 0 Å². The Morgan fingerprint density at radius 3 is 2.80 bits per heavy atom. The first-order valence-electron chi connectivity index (χ1n) is 6.20. The van der Waals surface area contributed by atoms with Crippen molar-refractivity contribution in [2.75, 3.05) is 17.3 Å². The summed E-state index contributed by atoms with van der Waals surface area (Å²) >= 11 is 3.43. The topological polar surface area (TPSA) is 72.0 Å². The fourth-order valence-corrected chi connectivity index (χ4v) is 2.98. The van der Waals surface area contributed by atoms with E-state index >= 15 is 0 Å². The molecule has 0 saturated heterocycles. The van der Waals surface area contributed by atoms with Crippen molar-refractivity contribution < 1.29 is 8.42 Å². The van der Waals surface area contributed by atoms with Crippen molar-refractivity contribution >= 4 is 42.5 Å². The van der Waals surface area contributed by atoms with Gasteiger partial charge < -0.3 is 5.32 Å². The molecule has 20 heavy (non-hydrogen) atoms. The fourth-order valence-electron chi connectivity index (χ4n) is 1.84. The number of anilines is 1. The molecule has 108 valence electrons. The van der Waals surface area contributed by atoms with Crippen LogP contribution in [0.2, 0.25) is 0 Å². The first-order chi connectivity index (χ1) is 9.35. The van der Waals surface area contributed by atoms with Crippen LogP contribution in [0.4, 0.5) is 5.82 Å². The lowest BCUT2D eigenvalue weighted by molar-refractivity contribution is 0.595. The molecule has 2 aromatic rings. The van der Waals surface area contributed by atoms with E-state index in [9.17, 15) is 8.42 Å². The van der Waals surface area contributed by atoms with Gasteiger partial charge in [0, 0.05) is 22.2 Å². The van der Waals surface area contributed by atoms with Crippen molar-refractivity contribution in [3.63, 3.8) is 0 Å². The van der Waals surface area contributed by atoms with Crippen molar-refractivity contribution in [2.45, 2.75) is 19.4 Å². The highest BCUT2D eigenvalue weighted by atomic mass is 79.9. The molecule has 0 saturated carbocycles. The summed E-state index contributed by atoms with van der Waals surface area (Å²) in [5.41, 5.74) is 0.848. The molecule has 1 heterocycles. The Morgan fingerprint density at radius 1 is 1.35 bits per heavy atom. The van der Waals surface area contributed by atoms with E-state index in [1.807, 2.05) is 25.1 Å². The summed E-state index contributed by atoms with van der Waals surface area (Å²) in [5, 5.41) is 4.16. The zero-order valence-electron chi connectivity index (χ0n) is 11.3. The SMILES string of the molecule is CC(CCS(C)(=O)=O)Nc1ncnc2ccc(Br)cc12. The van der Waals surface area contributed by atoms with Gasteiger partial charge in [-0.05, 0) is 31.5 Å². The highest BCUT2D eigenvalue weighted by molar-refractivity contribution is 9.10. The van der Waals surface area contributed by atoms with Crippen LogP contribution >= 0.6 is 15.9 Å². The Kier molecular flexibility index (Phi) is 4.59. The van der Waals surface area contributed by atoms with Crippen LogP contribution < -0.4 is 5.32 Å². The number of nitrogens with one attached hydrogen (secondary N) is 1. The minimum atomic E-state index is -2.94. The van der Waals surface area contributed by atoms with E-state index < -0.39 is 9.84 Å². The van der Waals surface area contributed by atoms with Gasteiger partial charge in [0.1, 0.15) is 22.0 Å². The number of halogens is 1. The van der Waals surface area contributed by atoms with Gasteiger partial charge in [0.15, 0.2) is 0 Å². The maximum Gasteiger partial charge on any atom is 0.147 e. The number of hydrogen-bond acceptors (Lipinski definition) is 5. The summed E-state index contributed by atoms with van der Waals surface area (Å²) in [5.74, 6) is 0.880. The van der Waals surface area contributed by atoms with E-state index in [0.29, 0.717) is 6.42 Å². The quantitative estimate of drug-likeness (QED) is 0.890. The number of fused-ring (bicyclic) bond motifs is 1. The Labute approximate surface area is 126 Å². The van der Waals surface area contributed by atoms with Gasteiger partial charge in [0.25, 0.3) is 0 Å². The van der Waals surface area contributed by atoms with Gasteiger partial charge >= 0.3 is 0 Å². The minimum absolute atomic E-state index is 0.0156. The predicted molar refractivity (Wildman–Crippen MR) is 84.7 cm³/mol. The van der Waals surface area contributed by atoms with Gasteiger partial charge in [0.2, 0.25) is 0 Å². The van der Waals surface area contributed by atoms with Crippen LogP contribution in [0, 0.1) is 0 Å². The van der Waals surface area contributed by atoms with E-state index in [-0.39, 0.29) is 11.8 Å². The molecule has 0 radical (unpaired) electrons. The van der Waals surface area contributed by atoms with E-state index in [1.54, 1.807) is 0 Å². The Hall–Kier alpha value is -1.21. The number of aromatic nitrogens is 2. The second-order valence-electron chi connectivity index (χ2n) is 4.85. The molecular formula is C13H16BrN3O2S. The second-order valence-corrected chi connectivity index (χ2v) is 8.02. The lowest BCUT2D eigenvalue weighted by atomic mass is 10.2. The molecule has 5 nitrogen and oxygen atoms in total. The molecule has 7 heteroatoms. The molecule has 0 spiro atoms. The number of hydrogen-bond donors (Lipinski definition) is 1. The molecule has 0 aliphatic rings. The number of benzene rings is 1. The smallest absolute Gasteiger partial charge is 0.147 e. The van der Waals surface area contributed by atoms with Gasteiger partial charge in [0.05, 0.1) is 11.3 Å². The minimum Gasteiger partial charge on any atom is -0.367 e. The van der Waals surface area contributed by atoms with Crippen molar-refractivity contribution in [1.29, 1.82) is 0 Å². The monoisotopic (exact) mass is 357 g/mol. The molecule has 0 aliphatic heterocycles. The van der Waals surface area contributed by atoms with E-state index in [1.165, 1.54) is 12.6 Å². The van der Waals surface area contributed by atoms with Crippen LogP contribution in [0.5, 0.6) is 0 Å². The van der Waals surface area contributed by atoms with Gasteiger partial charge in [-0.15, -0.1) is 0 Å². The van der Waals surface area contributed by atoms with Crippen LogP contribution in [0.1, 0.15) is 13.3 Å². The Balaban J connectivity index is 2.19. The maximum atomic E-state index is 11.2. The zero-order valence-corrected chi connectivity index (χ0v) is 13.7. The average Bonchev–Trinajstić information content (AvgIpc) is 2.36. The molecule has 0 amide bonds. The molecule has 0 bridgehead atoms. The summed E-state index contributed by atoms with van der Waals surface area (Å²) in [7, 11) is -2.94. The fraction of sp³-hybridized carbons (Fsp3) is 0.385. The third-order valence-corrected chi connectivity index (χ3v) is 4.37. The molecular weight excluding hydrogens is 342 g/mol. The van der Waals surface area contributed by atoms with E-state index in [2.05, 4.69) is 31.2 Å². The zero-order chi connectivity index (χ0) is 14.8. The van der Waals surface area contributed by atoms with Crippen LogP contribution in [-0.2, 0) is 9.84 Å². The van der Waals surface area contributed by atoms with E-state index in [0.717, 1.165) is 21.2 Å². The Morgan fingerprint density at radius 2 is 2.10 bits per heavy atom. The lowest BCUT2D eigenvalue weighted by Gasteiger charge is -2.15. The predicted octanol–water partition coefficient (Wildman–Crippen LogP) is 2.63. The molecule has 1 atom stereocenters. The largest absolute Gasteiger partial charge is 0.367 e. The highest BCUT2D eigenvalue weighted by Crippen LogP contribution is 2.24. The van der Waals surface area contributed by atoms with Gasteiger partial charge in [-0.2, -0.15) is 0 Å². The first kappa shape index (κ1) is 15.2. The summed E-state index contributed by atoms with van der Waals surface area (Å²) in [6.07, 6.45) is 3.29. The van der Waals surface area contributed by atoms with Crippen LogP contribution in [0.25, 0.3) is 10.9 Å². The summed E-state index contributed by atoms with van der Waals surface area (Å²) in [6, 6.07) is 5.79. The second kappa shape index (κ2) is 6.05. The molecule has 0 aliphatic carbocycles. The molecule has 2 rings (SSSR count). The standard InChI is InChI=1S/C13H16BrN3O2S/c1-9(5-6-20(2,18)19)17-13-11-7-10(14)3-4-12(11)15-8-16-13/h3-4,7-9H,5-6H2,1-2H3,(H,15,16,17). The molecule has 1 aromatic carbocycles. The molecule has 1 unspecified atom stereocenters. The molecule has 0 fully saturated rings. The van der Waals surface area contributed by atoms with Crippen LogP contribution in [0.15, 0.2) is 29.0 Å². The third kappa shape index (κ3) is 4.14. The third-order valence-electron chi connectivity index (χ3n) is 2.90. The first-order valence-corrected chi connectivity index (χ1v) is 9.05. The van der Waals surface area contributed by atoms with Crippen LogP contribution in [-0.4, -0.2) is 36.4 Å². The molecule has 1 N–H and O–H groups in total. The number of sulfone groups is 1. The average molecular weight is 358 g/mol. The summed E-state index contributed by atoms with van der Waals surface area (Å²) in [6.45, 7) is 1.94. The van der Waals surface area contributed by atoms with Crippen molar-refractivity contribution in [3.05, 3.63) is 29.0 Å². The van der Waals surface area contributed by atoms with E-state index in [4.69, 9.17) is 0 Å². The van der Waals surface area contributed by atoms with Crippen molar-refractivity contribution in [1.82, 2.24) is 9.97 Å². The van der Waals surface area contributed by atoms with Gasteiger partial charge in [-0.1, -0.05) is 15.9 Å². The van der Waals surface area contributed by atoms with Gasteiger partial charge in [-0.25, -0.2) is 18.4 Å². The summed E-state index contributed by atoms with van der Waals surface area (Å²) < 4.78 is 23.3. The van der Waals surface area contributed by atoms with Gasteiger partial charge in [-0.3, -0.25) is 0 Å². The normalized spacial score (nSPS) is 13.3. The Bertz CT molecular complexity index is 719. The number of nitrogens with zero attached hydrogens (tertiary/aromatic N) is 2. The summed E-state index contributed by atoms with van der Waals surface area (Å²) in [4.78, 5) is 8.45. The van der Waals surface area contributed by atoms with Crippen molar-refractivity contribution in [2.24, 2.45) is 0 Å². The maximum absolute atomic E-state index is 11.2.